The van der Waals surface area contributed by atoms with Crippen LogP contribution >= 0.6 is 0 Å². The zero-order valence-electron chi connectivity index (χ0n) is 15.0. The number of halogens is 3. The molecule has 2 aromatic carbocycles. The molecule has 0 aliphatic carbocycles. The minimum Gasteiger partial charge on any atom is -0.462 e. The fraction of sp³-hybridized carbons (Fsp3) is 0.316. The number of unbranched alkanes of at least 4 members (excludes halogenated alkanes) is 1. The van der Waals surface area contributed by atoms with Crippen molar-refractivity contribution in [2.75, 3.05) is 6.61 Å². The normalized spacial score (nSPS) is 11.9. The van der Waals surface area contributed by atoms with Crippen LogP contribution in [0.5, 0.6) is 5.75 Å². The Morgan fingerprint density at radius 3 is 2.36 bits per heavy atom. The molecule has 5 nitrogen and oxygen atoms in total. The Hall–Kier alpha value is -2.55. The first-order valence-corrected chi connectivity index (χ1v) is 10.0. The van der Waals surface area contributed by atoms with Crippen LogP contribution in [0.15, 0.2) is 48.5 Å². The largest absolute Gasteiger partial charge is 0.462 e. The number of hydrogen-bond acceptors (Lipinski definition) is 5. The molecule has 0 saturated carbocycles. The number of rotatable bonds is 8. The van der Waals surface area contributed by atoms with Gasteiger partial charge in [-0.05, 0) is 30.2 Å². The summed E-state index contributed by atoms with van der Waals surface area (Å²) in [6.07, 6.45) is -3.58. The summed E-state index contributed by atoms with van der Waals surface area (Å²) in [5, 5.41) is 0. The van der Waals surface area contributed by atoms with Crippen LogP contribution in [0.2, 0.25) is 0 Å². The van der Waals surface area contributed by atoms with Gasteiger partial charge in [-0.2, -0.15) is 21.6 Å². The topological polar surface area (TPSA) is 69.7 Å². The second-order valence-corrected chi connectivity index (χ2v) is 7.54. The van der Waals surface area contributed by atoms with Gasteiger partial charge in [0.25, 0.3) is 0 Å². The van der Waals surface area contributed by atoms with Crippen LogP contribution in [-0.2, 0) is 26.8 Å². The lowest BCUT2D eigenvalue weighted by Gasteiger charge is -2.15. The van der Waals surface area contributed by atoms with Crippen LogP contribution in [-0.4, -0.2) is 21.0 Å². The van der Waals surface area contributed by atoms with Crippen molar-refractivity contribution >= 4 is 16.1 Å². The van der Waals surface area contributed by atoms with Crippen LogP contribution in [0.1, 0.15) is 41.3 Å². The van der Waals surface area contributed by atoms with Gasteiger partial charge in [0.05, 0.1) is 12.2 Å². The summed E-state index contributed by atoms with van der Waals surface area (Å²) < 4.78 is 74.0. The third-order valence-corrected chi connectivity index (χ3v) is 4.78. The number of carbonyl (C=O) groups excluding carboxylic acids is 1. The van der Waals surface area contributed by atoms with E-state index in [-0.39, 0.29) is 12.2 Å². The van der Waals surface area contributed by atoms with Crippen molar-refractivity contribution in [2.24, 2.45) is 0 Å². The van der Waals surface area contributed by atoms with Crippen molar-refractivity contribution in [3.8, 4) is 5.75 Å². The van der Waals surface area contributed by atoms with Gasteiger partial charge in [0.1, 0.15) is 11.3 Å². The highest BCUT2D eigenvalue weighted by molar-refractivity contribution is 7.86. The number of hydrogen-bond donors (Lipinski definition) is 0. The van der Waals surface area contributed by atoms with Crippen molar-refractivity contribution in [3.05, 3.63) is 65.2 Å². The Labute approximate surface area is 161 Å². The number of ether oxygens (including phenoxy) is 1. The van der Waals surface area contributed by atoms with E-state index in [0.717, 1.165) is 18.6 Å². The molecule has 0 heterocycles. The van der Waals surface area contributed by atoms with Crippen LogP contribution in [0.3, 0.4) is 0 Å². The molecular formula is C19H19F3O5S. The zero-order chi connectivity index (χ0) is 20.8. The molecule has 28 heavy (non-hydrogen) atoms. The Morgan fingerprint density at radius 1 is 1.07 bits per heavy atom. The molecule has 2 aromatic rings. The van der Waals surface area contributed by atoms with Crippen molar-refractivity contribution in [2.45, 2.75) is 31.7 Å². The maximum Gasteiger partial charge on any atom is 0.420 e. The quantitative estimate of drug-likeness (QED) is 0.358. The van der Waals surface area contributed by atoms with E-state index in [4.69, 9.17) is 8.92 Å². The lowest BCUT2D eigenvalue weighted by atomic mass is 10.1. The molecule has 0 fully saturated rings. The van der Waals surface area contributed by atoms with Gasteiger partial charge >= 0.3 is 22.3 Å². The van der Waals surface area contributed by atoms with Crippen LogP contribution in [0, 0.1) is 0 Å². The fourth-order valence-corrected chi connectivity index (χ4v) is 3.37. The molecule has 0 aliphatic heterocycles. The summed E-state index contributed by atoms with van der Waals surface area (Å²) in [4.78, 5) is 11.9. The summed E-state index contributed by atoms with van der Waals surface area (Å²) >= 11 is 0. The minimum atomic E-state index is -4.92. The molecule has 0 radical (unpaired) electrons. The molecule has 0 aromatic heterocycles. The first kappa shape index (κ1) is 21.7. The van der Waals surface area contributed by atoms with Crippen molar-refractivity contribution < 1.29 is 35.3 Å². The van der Waals surface area contributed by atoms with Gasteiger partial charge in [-0.15, -0.1) is 0 Å². The maximum atomic E-state index is 13.4. The molecule has 9 heteroatoms. The number of carbonyl (C=O) groups is 1. The predicted octanol–water partition coefficient (Wildman–Crippen LogP) is 4.57. The van der Waals surface area contributed by atoms with E-state index < -0.39 is 39.3 Å². The average Bonchev–Trinajstić information content (AvgIpc) is 2.61. The van der Waals surface area contributed by atoms with Crippen LogP contribution in [0.25, 0.3) is 0 Å². The van der Waals surface area contributed by atoms with Gasteiger partial charge < -0.3 is 8.92 Å². The summed E-state index contributed by atoms with van der Waals surface area (Å²) in [6, 6.07) is 10.3. The molecule has 0 saturated heterocycles. The monoisotopic (exact) mass is 416 g/mol. The second kappa shape index (κ2) is 9.09. The summed E-state index contributed by atoms with van der Waals surface area (Å²) in [5.41, 5.74) is -1.34. The van der Waals surface area contributed by atoms with E-state index in [1.165, 1.54) is 12.1 Å². The van der Waals surface area contributed by atoms with Crippen molar-refractivity contribution in [1.82, 2.24) is 0 Å². The van der Waals surface area contributed by atoms with Crippen LogP contribution < -0.4 is 4.18 Å². The zero-order valence-corrected chi connectivity index (χ0v) is 15.8. The predicted molar refractivity (Wildman–Crippen MR) is 96.3 cm³/mol. The Kier molecular flexibility index (Phi) is 7.06. The van der Waals surface area contributed by atoms with Gasteiger partial charge in [0.2, 0.25) is 0 Å². The molecule has 0 bridgehead atoms. The third-order valence-electron chi connectivity index (χ3n) is 3.65. The second-order valence-electron chi connectivity index (χ2n) is 5.97. The van der Waals surface area contributed by atoms with E-state index in [9.17, 15) is 26.4 Å². The Bertz CT molecular complexity index is 909. The summed E-state index contributed by atoms with van der Waals surface area (Å²) in [5.74, 6) is -2.41. The Morgan fingerprint density at radius 2 is 1.75 bits per heavy atom. The van der Waals surface area contributed by atoms with Gasteiger partial charge in [-0.25, -0.2) is 4.79 Å². The highest BCUT2D eigenvalue weighted by Crippen LogP contribution is 2.37. The molecule has 0 spiro atoms. The number of esters is 1. The molecule has 2 rings (SSSR count). The lowest BCUT2D eigenvalue weighted by Crippen LogP contribution is -2.17. The molecule has 0 aliphatic rings. The lowest BCUT2D eigenvalue weighted by molar-refractivity contribution is -0.138. The van der Waals surface area contributed by atoms with Gasteiger partial charge in [-0.1, -0.05) is 43.7 Å². The first-order valence-electron chi connectivity index (χ1n) is 8.47. The molecule has 152 valence electrons. The first-order chi connectivity index (χ1) is 13.1. The molecule has 0 amide bonds. The van der Waals surface area contributed by atoms with Crippen molar-refractivity contribution in [3.63, 3.8) is 0 Å². The molecular weight excluding hydrogens is 397 g/mol. The molecule has 0 unspecified atom stereocenters. The van der Waals surface area contributed by atoms with E-state index in [1.807, 2.05) is 6.92 Å². The molecule has 0 atom stereocenters. The summed E-state index contributed by atoms with van der Waals surface area (Å²) in [6.45, 7) is 1.96. The average molecular weight is 416 g/mol. The van der Waals surface area contributed by atoms with E-state index >= 15 is 0 Å². The Balaban J connectivity index is 2.27. The number of benzene rings is 2. The highest BCUT2D eigenvalue weighted by Gasteiger charge is 2.36. The standard InChI is InChI=1S/C19H19F3O5S/c1-2-3-11-26-18(23)15-9-10-17(16(12-15)19(20,21)22)27-28(24,25)13-14-7-5-4-6-8-14/h4-10,12H,2-3,11,13H2,1H3. The van der Waals surface area contributed by atoms with E-state index in [0.29, 0.717) is 18.1 Å². The SMILES string of the molecule is CCCCOC(=O)c1ccc(OS(=O)(=O)Cc2ccccc2)c(C(F)(F)F)c1. The van der Waals surface area contributed by atoms with Gasteiger partial charge in [0, 0.05) is 0 Å². The molecule has 0 N–H and O–H groups in total. The third kappa shape index (κ3) is 6.26. The van der Waals surface area contributed by atoms with E-state index in [2.05, 4.69) is 0 Å². The minimum absolute atomic E-state index is 0.0837. The fourth-order valence-electron chi connectivity index (χ4n) is 2.29. The van der Waals surface area contributed by atoms with Gasteiger partial charge in [-0.3, -0.25) is 0 Å². The van der Waals surface area contributed by atoms with Crippen molar-refractivity contribution in [1.29, 1.82) is 0 Å². The highest BCUT2D eigenvalue weighted by atomic mass is 32.2. The number of alkyl halides is 3. The maximum absolute atomic E-state index is 13.4. The van der Waals surface area contributed by atoms with Crippen LogP contribution in [0.4, 0.5) is 13.2 Å². The summed E-state index contributed by atoms with van der Waals surface area (Å²) in [7, 11) is -4.34. The van der Waals surface area contributed by atoms with Gasteiger partial charge in [0.15, 0.2) is 5.75 Å². The smallest absolute Gasteiger partial charge is 0.420 e. The van der Waals surface area contributed by atoms with E-state index in [1.54, 1.807) is 18.2 Å².